The average Bonchev–Trinajstić information content (AvgIpc) is 2.65. The molecule has 0 amide bonds. The minimum absolute atomic E-state index is 0.0343. The van der Waals surface area contributed by atoms with Crippen molar-refractivity contribution in [2.45, 2.75) is 32.1 Å². The number of nitrogens with zero attached hydrogens (tertiary/aromatic N) is 2. The van der Waals surface area contributed by atoms with Gasteiger partial charge in [0.25, 0.3) is 5.56 Å². The molecule has 0 saturated carbocycles. The maximum absolute atomic E-state index is 12.0. The fourth-order valence-electron chi connectivity index (χ4n) is 3.63. The molecule has 5 nitrogen and oxygen atoms in total. The molecule has 0 fully saturated rings. The van der Waals surface area contributed by atoms with Crippen molar-refractivity contribution in [3.8, 4) is 0 Å². The molecule has 2 N–H and O–H groups in total. The number of aromatic nitrogens is 2. The number of aliphatic hydroxyl groups excluding tert-OH is 1. The van der Waals surface area contributed by atoms with E-state index in [1.807, 2.05) is 29.3 Å². The number of nitrogens with one attached hydrogen (secondary N) is 1. The van der Waals surface area contributed by atoms with E-state index in [1.165, 1.54) is 0 Å². The van der Waals surface area contributed by atoms with Crippen molar-refractivity contribution in [3.05, 3.63) is 81.1 Å². The molecule has 2 aromatic rings. The van der Waals surface area contributed by atoms with Gasteiger partial charge in [-0.2, -0.15) is 5.10 Å². The Kier molecular flexibility index (Phi) is 4.14. The smallest absolute Gasteiger partial charge is 0.267 e. The lowest BCUT2D eigenvalue weighted by atomic mass is 9.90. The third kappa shape index (κ3) is 3.22. The van der Waals surface area contributed by atoms with Crippen LogP contribution in [0.3, 0.4) is 0 Å². The Morgan fingerprint density at radius 3 is 2.88 bits per heavy atom. The van der Waals surface area contributed by atoms with Crippen molar-refractivity contribution >= 4 is 5.69 Å². The van der Waals surface area contributed by atoms with Gasteiger partial charge in [0.05, 0.1) is 12.2 Å². The van der Waals surface area contributed by atoms with E-state index in [0.29, 0.717) is 18.7 Å². The highest BCUT2D eigenvalue weighted by Crippen LogP contribution is 2.24. The summed E-state index contributed by atoms with van der Waals surface area (Å²) in [5, 5.41) is 16.7. The zero-order valence-corrected chi connectivity index (χ0v) is 14.0. The van der Waals surface area contributed by atoms with Crippen LogP contribution < -0.4 is 10.5 Å². The topological polar surface area (TPSA) is 69.2 Å². The van der Waals surface area contributed by atoms with Gasteiger partial charge in [-0.15, -0.1) is 0 Å². The number of aromatic amines is 1. The largest absolute Gasteiger partial charge is 0.510 e. The molecule has 5 heteroatoms. The molecule has 0 bridgehead atoms. The van der Waals surface area contributed by atoms with Crippen LogP contribution in [0.4, 0.5) is 5.69 Å². The number of anilines is 1. The third-order valence-corrected chi connectivity index (χ3v) is 4.88. The predicted octanol–water partition coefficient (Wildman–Crippen LogP) is 3.02. The summed E-state index contributed by atoms with van der Waals surface area (Å²) in [7, 11) is 0. The maximum atomic E-state index is 12.0. The molecular weight excluding hydrogens is 314 g/mol. The summed E-state index contributed by atoms with van der Waals surface area (Å²) in [5.74, 6) is 0.351. The summed E-state index contributed by atoms with van der Waals surface area (Å²) in [6, 6.07) is 8.24. The van der Waals surface area contributed by atoms with Gasteiger partial charge in [0.15, 0.2) is 0 Å². The second kappa shape index (κ2) is 6.59. The fourth-order valence-corrected chi connectivity index (χ4v) is 3.63. The first kappa shape index (κ1) is 15.7. The van der Waals surface area contributed by atoms with E-state index in [9.17, 15) is 9.90 Å². The molecule has 25 heavy (non-hydrogen) atoms. The number of aliphatic hydroxyl groups is 1. The third-order valence-electron chi connectivity index (χ3n) is 4.88. The zero-order chi connectivity index (χ0) is 17.2. The molecule has 0 spiro atoms. The Morgan fingerprint density at radius 1 is 1.20 bits per heavy atom. The summed E-state index contributed by atoms with van der Waals surface area (Å²) < 4.78 is 0. The summed E-state index contributed by atoms with van der Waals surface area (Å²) >= 11 is 0. The number of hydrogen-bond donors (Lipinski definition) is 2. The van der Waals surface area contributed by atoms with Crippen LogP contribution in [0, 0.1) is 0 Å². The van der Waals surface area contributed by atoms with E-state index in [1.54, 1.807) is 6.08 Å². The van der Waals surface area contributed by atoms with Crippen LogP contribution in [0.5, 0.6) is 0 Å². The Labute approximate surface area is 146 Å². The van der Waals surface area contributed by atoms with Gasteiger partial charge in [-0.05, 0) is 61.1 Å². The molecule has 128 valence electrons. The molecule has 0 atom stereocenters. The van der Waals surface area contributed by atoms with Gasteiger partial charge < -0.3 is 10.0 Å². The van der Waals surface area contributed by atoms with Gasteiger partial charge >= 0.3 is 0 Å². The lowest BCUT2D eigenvalue weighted by Gasteiger charge is -2.23. The molecule has 4 rings (SSSR count). The van der Waals surface area contributed by atoms with Crippen LogP contribution in [0.2, 0.25) is 0 Å². The average molecular weight is 335 g/mol. The molecule has 2 heterocycles. The van der Waals surface area contributed by atoms with Gasteiger partial charge in [0.1, 0.15) is 5.76 Å². The van der Waals surface area contributed by atoms with E-state index >= 15 is 0 Å². The SMILES string of the molecule is O=c1[nH]nc(Cc2cccc(N3C=CC=C(O)C3)c2)c2c1CCCC2. The number of hydrogen-bond acceptors (Lipinski definition) is 4. The van der Waals surface area contributed by atoms with E-state index in [4.69, 9.17) is 0 Å². The Hall–Kier alpha value is -2.82. The lowest BCUT2D eigenvalue weighted by molar-refractivity contribution is 0.401. The van der Waals surface area contributed by atoms with E-state index < -0.39 is 0 Å². The predicted molar refractivity (Wildman–Crippen MR) is 97.9 cm³/mol. The maximum Gasteiger partial charge on any atom is 0.267 e. The molecule has 2 aliphatic rings. The van der Waals surface area contributed by atoms with Gasteiger partial charge in [-0.1, -0.05) is 12.1 Å². The zero-order valence-electron chi connectivity index (χ0n) is 14.0. The minimum Gasteiger partial charge on any atom is -0.510 e. The first-order chi connectivity index (χ1) is 12.2. The highest BCUT2D eigenvalue weighted by Gasteiger charge is 2.18. The van der Waals surface area contributed by atoms with Crippen molar-refractivity contribution in [1.82, 2.24) is 10.2 Å². The molecule has 0 radical (unpaired) electrons. The van der Waals surface area contributed by atoms with Crippen molar-refractivity contribution in [2.24, 2.45) is 0 Å². The number of fused-ring (bicyclic) bond motifs is 1. The van der Waals surface area contributed by atoms with Gasteiger partial charge in [-0.3, -0.25) is 4.79 Å². The first-order valence-electron chi connectivity index (χ1n) is 8.72. The van der Waals surface area contributed by atoms with Crippen molar-refractivity contribution in [1.29, 1.82) is 0 Å². The van der Waals surface area contributed by atoms with E-state index in [2.05, 4.69) is 22.3 Å². The van der Waals surface area contributed by atoms with Crippen LogP contribution in [-0.4, -0.2) is 21.8 Å². The van der Waals surface area contributed by atoms with E-state index in [-0.39, 0.29) is 5.56 Å². The summed E-state index contributed by atoms with van der Waals surface area (Å²) in [5.41, 5.74) is 5.18. The van der Waals surface area contributed by atoms with Crippen molar-refractivity contribution < 1.29 is 5.11 Å². The molecule has 0 unspecified atom stereocenters. The number of H-pyrrole nitrogens is 1. The monoisotopic (exact) mass is 335 g/mol. The highest BCUT2D eigenvalue weighted by atomic mass is 16.3. The number of benzene rings is 1. The quantitative estimate of drug-likeness (QED) is 0.905. The summed E-state index contributed by atoms with van der Waals surface area (Å²) in [6.07, 6.45) is 10.2. The first-order valence-corrected chi connectivity index (χ1v) is 8.72. The van der Waals surface area contributed by atoms with E-state index in [0.717, 1.165) is 53.8 Å². The van der Waals surface area contributed by atoms with Crippen LogP contribution >= 0.6 is 0 Å². The molecule has 1 aliphatic carbocycles. The lowest BCUT2D eigenvalue weighted by Crippen LogP contribution is -2.23. The van der Waals surface area contributed by atoms with Crippen LogP contribution in [0.15, 0.2) is 53.2 Å². The molecule has 1 aromatic carbocycles. The highest BCUT2D eigenvalue weighted by molar-refractivity contribution is 5.54. The second-order valence-corrected chi connectivity index (χ2v) is 6.64. The second-order valence-electron chi connectivity index (χ2n) is 6.64. The van der Waals surface area contributed by atoms with Gasteiger partial charge in [0, 0.05) is 23.9 Å². The van der Waals surface area contributed by atoms with Crippen LogP contribution in [0.25, 0.3) is 0 Å². The Morgan fingerprint density at radius 2 is 2.04 bits per heavy atom. The molecule has 1 aliphatic heterocycles. The normalized spacial score (nSPS) is 16.5. The van der Waals surface area contributed by atoms with Gasteiger partial charge in [0.2, 0.25) is 0 Å². The van der Waals surface area contributed by atoms with Crippen molar-refractivity contribution in [3.63, 3.8) is 0 Å². The number of allylic oxidation sites excluding steroid dienone is 2. The molecule has 1 aromatic heterocycles. The molecule has 0 saturated heterocycles. The Balaban J connectivity index is 1.62. The summed E-state index contributed by atoms with van der Waals surface area (Å²) in [4.78, 5) is 14.0. The van der Waals surface area contributed by atoms with Gasteiger partial charge in [-0.25, -0.2) is 5.10 Å². The Bertz CT molecular complexity index is 911. The standard InChI is InChI=1S/C20H21N3O2/c24-16-7-4-10-23(13-16)15-6-3-5-14(11-15)12-19-17-8-1-2-9-18(17)20(25)22-21-19/h3-7,10-11,24H,1-2,8-9,12-13H2,(H,22,25). The minimum atomic E-state index is -0.0343. The molecular formula is C20H21N3O2. The summed E-state index contributed by atoms with van der Waals surface area (Å²) in [6.45, 7) is 0.478. The van der Waals surface area contributed by atoms with Crippen molar-refractivity contribution in [2.75, 3.05) is 11.4 Å². The van der Waals surface area contributed by atoms with Crippen LogP contribution in [-0.2, 0) is 19.3 Å². The van der Waals surface area contributed by atoms with Crippen LogP contribution in [0.1, 0.15) is 35.2 Å². The number of rotatable bonds is 3. The fraction of sp³-hybridized carbons (Fsp3) is 0.300.